The maximum atomic E-state index is 11.9. The molecule has 0 unspecified atom stereocenters. The predicted octanol–water partition coefficient (Wildman–Crippen LogP) is 1.91. The molecule has 1 amide bonds. The van der Waals surface area contributed by atoms with Crippen molar-refractivity contribution in [2.45, 2.75) is 31.3 Å². The van der Waals surface area contributed by atoms with Crippen LogP contribution < -0.4 is 9.46 Å². The van der Waals surface area contributed by atoms with Gasteiger partial charge < -0.3 is 9.47 Å². The van der Waals surface area contributed by atoms with Crippen LogP contribution >= 0.6 is 0 Å². The van der Waals surface area contributed by atoms with Gasteiger partial charge in [-0.2, -0.15) is 0 Å². The predicted molar refractivity (Wildman–Crippen MR) is 69.5 cm³/mol. The van der Waals surface area contributed by atoms with Crippen molar-refractivity contribution in [3.63, 3.8) is 0 Å². The van der Waals surface area contributed by atoms with Gasteiger partial charge in [-0.15, -0.1) is 0 Å². The van der Waals surface area contributed by atoms with Crippen LogP contribution in [0, 0.1) is 0 Å². The molecule has 0 saturated carbocycles. The lowest BCUT2D eigenvalue weighted by Crippen LogP contribution is -2.36. The summed E-state index contributed by atoms with van der Waals surface area (Å²) in [7, 11) is -2.46. The molecule has 0 atom stereocenters. The van der Waals surface area contributed by atoms with Crippen LogP contribution in [0.15, 0.2) is 29.2 Å². The highest BCUT2D eigenvalue weighted by Crippen LogP contribution is 2.16. The molecule has 0 bridgehead atoms. The van der Waals surface area contributed by atoms with Crippen molar-refractivity contribution in [3.05, 3.63) is 24.3 Å². The van der Waals surface area contributed by atoms with Gasteiger partial charge in [-0.3, -0.25) is 0 Å². The van der Waals surface area contributed by atoms with Gasteiger partial charge >= 0.3 is 6.09 Å². The van der Waals surface area contributed by atoms with E-state index in [1.54, 1.807) is 20.8 Å². The van der Waals surface area contributed by atoms with Crippen molar-refractivity contribution in [2.75, 3.05) is 7.11 Å². The molecule has 1 N–H and O–H groups in total. The molecule has 0 aliphatic carbocycles. The molecule has 1 aromatic carbocycles. The van der Waals surface area contributed by atoms with E-state index in [4.69, 9.17) is 9.47 Å². The van der Waals surface area contributed by atoms with Gasteiger partial charge in [0.05, 0.1) is 12.0 Å². The van der Waals surface area contributed by atoms with Gasteiger partial charge in [0.25, 0.3) is 10.0 Å². The third-order valence-corrected chi connectivity index (χ3v) is 3.31. The molecule has 6 nitrogen and oxygen atoms in total. The van der Waals surface area contributed by atoms with Gasteiger partial charge in [-0.25, -0.2) is 17.9 Å². The zero-order valence-corrected chi connectivity index (χ0v) is 12.1. The van der Waals surface area contributed by atoms with Crippen molar-refractivity contribution in [1.29, 1.82) is 0 Å². The summed E-state index contributed by atoms with van der Waals surface area (Å²) >= 11 is 0. The molecule has 1 rings (SSSR count). The number of methoxy groups -OCH3 is 1. The molecular weight excluding hydrogens is 270 g/mol. The van der Waals surface area contributed by atoms with Gasteiger partial charge in [0, 0.05) is 0 Å². The summed E-state index contributed by atoms with van der Waals surface area (Å²) in [6.07, 6.45) is -1.01. The normalized spacial score (nSPS) is 11.8. The first-order valence-electron chi connectivity index (χ1n) is 5.54. The number of ether oxygens (including phenoxy) is 2. The topological polar surface area (TPSA) is 81.7 Å². The number of rotatable bonds is 3. The molecule has 0 saturated heterocycles. The summed E-state index contributed by atoms with van der Waals surface area (Å²) in [5, 5.41) is 0. The first-order valence-corrected chi connectivity index (χ1v) is 7.02. The number of carbonyl (C=O) groups is 1. The van der Waals surface area contributed by atoms with Crippen LogP contribution in [0.4, 0.5) is 4.79 Å². The second-order valence-electron chi connectivity index (χ2n) is 4.78. The quantitative estimate of drug-likeness (QED) is 0.918. The smallest absolute Gasteiger partial charge is 0.421 e. The van der Waals surface area contributed by atoms with Crippen molar-refractivity contribution >= 4 is 16.1 Å². The average Bonchev–Trinajstić information content (AvgIpc) is 2.25. The molecule has 0 aromatic heterocycles. The van der Waals surface area contributed by atoms with Crippen molar-refractivity contribution in [1.82, 2.24) is 4.72 Å². The van der Waals surface area contributed by atoms with E-state index in [9.17, 15) is 13.2 Å². The summed E-state index contributed by atoms with van der Waals surface area (Å²) in [4.78, 5) is 11.4. The fraction of sp³-hybridized carbons (Fsp3) is 0.417. The first-order chi connectivity index (χ1) is 8.64. The third-order valence-electron chi connectivity index (χ3n) is 1.99. The van der Waals surface area contributed by atoms with E-state index < -0.39 is 21.7 Å². The molecule has 0 aliphatic heterocycles. The monoisotopic (exact) mass is 287 g/mol. The standard InChI is InChI=1S/C12H17NO5S/c1-12(2,3)18-11(14)13-19(15,16)10-7-5-9(17-4)6-8-10/h5-8H,1-4H3,(H,13,14). The number of carbonyl (C=O) groups excluding carboxylic acids is 1. The summed E-state index contributed by atoms with van der Waals surface area (Å²) in [5.41, 5.74) is -0.764. The van der Waals surface area contributed by atoms with Gasteiger partial charge in [0.2, 0.25) is 0 Å². The molecule has 0 radical (unpaired) electrons. The Bertz CT molecular complexity index is 542. The third kappa shape index (κ3) is 4.78. The highest BCUT2D eigenvalue weighted by Gasteiger charge is 2.22. The van der Waals surface area contributed by atoms with E-state index in [0.717, 1.165) is 0 Å². The molecule has 106 valence electrons. The Balaban J connectivity index is 2.83. The SMILES string of the molecule is COc1ccc(S(=O)(=O)NC(=O)OC(C)(C)C)cc1. The minimum absolute atomic E-state index is 0.0424. The van der Waals surface area contributed by atoms with Crippen molar-refractivity contribution in [2.24, 2.45) is 0 Å². The van der Waals surface area contributed by atoms with Crippen LogP contribution in [0.3, 0.4) is 0 Å². The van der Waals surface area contributed by atoms with Gasteiger partial charge in [-0.1, -0.05) is 0 Å². The number of benzene rings is 1. The fourth-order valence-corrected chi connectivity index (χ4v) is 2.10. The number of sulfonamides is 1. The Morgan fingerprint density at radius 2 is 1.68 bits per heavy atom. The Labute approximate surface area is 112 Å². The largest absolute Gasteiger partial charge is 0.497 e. The zero-order chi connectivity index (χ0) is 14.7. The minimum Gasteiger partial charge on any atom is -0.497 e. The highest BCUT2D eigenvalue weighted by atomic mass is 32.2. The molecule has 1 aromatic rings. The van der Waals surface area contributed by atoms with Gasteiger partial charge in [-0.05, 0) is 45.0 Å². The van der Waals surface area contributed by atoms with Crippen LogP contribution in [-0.2, 0) is 14.8 Å². The highest BCUT2D eigenvalue weighted by molar-refractivity contribution is 7.90. The van der Waals surface area contributed by atoms with Gasteiger partial charge in [0.15, 0.2) is 0 Å². The van der Waals surface area contributed by atoms with E-state index in [-0.39, 0.29) is 4.90 Å². The first kappa shape index (κ1) is 15.3. The second-order valence-corrected chi connectivity index (χ2v) is 6.47. The molecule has 0 spiro atoms. The summed E-state index contributed by atoms with van der Waals surface area (Å²) in [6.45, 7) is 4.94. The molecular formula is C12H17NO5S. The van der Waals surface area contributed by atoms with E-state index in [2.05, 4.69) is 0 Å². The lowest BCUT2D eigenvalue weighted by atomic mass is 10.2. The summed E-state index contributed by atoms with van der Waals surface area (Å²) in [6, 6.07) is 5.66. The number of nitrogens with one attached hydrogen (secondary N) is 1. The Morgan fingerprint density at radius 1 is 1.16 bits per heavy atom. The zero-order valence-electron chi connectivity index (χ0n) is 11.3. The maximum Gasteiger partial charge on any atom is 0.421 e. The molecule has 0 heterocycles. The minimum atomic E-state index is -3.94. The Kier molecular flexibility index (Phi) is 4.41. The van der Waals surface area contributed by atoms with E-state index in [1.807, 2.05) is 4.72 Å². The number of hydrogen-bond acceptors (Lipinski definition) is 5. The molecule has 0 fully saturated rings. The molecule has 19 heavy (non-hydrogen) atoms. The van der Waals surface area contributed by atoms with Crippen molar-refractivity contribution in [3.8, 4) is 5.75 Å². The summed E-state index contributed by atoms with van der Waals surface area (Å²) in [5.74, 6) is 0.524. The van der Waals surface area contributed by atoms with E-state index >= 15 is 0 Å². The average molecular weight is 287 g/mol. The molecule has 7 heteroatoms. The Hall–Kier alpha value is -1.76. The second kappa shape index (κ2) is 5.48. The van der Waals surface area contributed by atoms with E-state index in [1.165, 1.54) is 31.4 Å². The van der Waals surface area contributed by atoms with Crippen LogP contribution in [0.2, 0.25) is 0 Å². The number of hydrogen-bond donors (Lipinski definition) is 1. The molecule has 0 aliphatic rings. The fourth-order valence-electron chi connectivity index (χ4n) is 1.22. The van der Waals surface area contributed by atoms with Gasteiger partial charge in [0.1, 0.15) is 11.4 Å². The Morgan fingerprint density at radius 3 is 2.11 bits per heavy atom. The van der Waals surface area contributed by atoms with E-state index in [0.29, 0.717) is 5.75 Å². The van der Waals surface area contributed by atoms with Crippen molar-refractivity contribution < 1.29 is 22.7 Å². The summed E-state index contributed by atoms with van der Waals surface area (Å²) < 4.78 is 35.4. The van der Waals surface area contributed by atoms with Crippen LogP contribution in [0.5, 0.6) is 5.75 Å². The number of amides is 1. The maximum absolute atomic E-state index is 11.9. The van der Waals surface area contributed by atoms with Crippen LogP contribution in [0.1, 0.15) is 20.8 Å². The van der Waals surface area contributed by atoms with Crippen LogP contribution in [-0.4, -0.2) is 27.2 Å². The lowest BCUT2D eigenvalue weighted by Gasteiger charge is -2.19. The lowest BCUT2D eigenvalue weighted by molar-refractivity contribution is 0.0570. The van der Waals surface area contributed by atoms with Crippen LogP contribution in [0.25, 0.3) is 0 Å².